The third-order valence-electron chi connectivity index (χ3n) is 1.60. The van der Waals surface area contributed by atoms with Crippen molar-refractivity contribution in [2.24, 2.45) is 0 Å². The summed E-state index contributed by atoms with van der Waals surface area (Å²) >= 11 is 0. The molecule has 0 rings (SSSR count). The maximum atomic E-state index is 9.77. The fraction of sp³-hybridized carbons (Fsp3) is 0.500. The molecule has 18 heteroatoms. The van der Waals surface area contributed by atoms with Crippen molar-refractivity contribution < 1.29 is 107 Å². The predicted octanol–water partition coefficient (Wildman–Crippen LogP) is -9.23. The maximum Gasteiger partial charge on any atom is 1.00 e. The minimum Gasteiger partial charge on any atom is -0.547 e. The average molecular weight is 420 g/mol. The predicted molar refractivity (Wildman–Crippen MR) is 66.1 cm³/mol. The SMILES string of the molecule is O=C(O)C(O)C(O)C(=O)O.O=C([O-])C(O)C(O)C(=O)O.O=S(=O)(O)O.[Na+]. The zero-order chi connectivity index (χ0) is 21.1. The van der Waals surface area contributed by atoms with E-state index in [-0.39, 0.29) is 29.6 Å². The minimum atomic E-state index is -4.67. The number of carboxylic acids is 4. The van der Waals surface area contributed by atoms with Crippen molar-refractivity contribution in [2.45, 2.75) is 24.4 Å². The van der Waals surface area contributed by atoms with Gasteiger partial charge in [-0.3, -0.25) is 9.11 Å². The van der Waals surface area contributed by atoms with Crippen LogP contribution in [-0.4, -0.2) is 102 Å². The van der Waals surface area contributed by atoms with Gasteiger partial charge in [0.05, 0.1) is 5.97 Å². The molecule has 0 spiro atoms. The van der Waals surface area contributed by atoms with Gasteiger partial charge >= 0.3 is 57.9 Å². The summed E-state index contributed by atoms with van der Waals surface area (Å²) in [4.78, 5) is 38.9. The molecule has 0 heterocycles. The molecule has 0 aromatic rings. The molecule has 0 aliphatic rings. The van der Waals surface area contributed by atoms with Crippen molar-refractivity contribution in [1.82, 2.24) is 0 Å². The van der Waals surface area contributed by atoms with Crippen molar-refractivity contribution in [3.63, 3.8) is 0 Å². The Morgan fingerprint density at radius 3 is 0.885 bits per heavy atom. The molecule has 0 amide bonds. The quantitative estimate of drug-likeness (QED) is 0.142. The first-order valence-corrected chi connectivity index (χ1v) is 6.64. The van der Waals surface area contributed by atoms with E-state index in [9.17, 15) is 24.3 Å². The van der Waals surface area contributed by atoms with E-state index in [2.05, 4.69) is 0 Å². The Bertz CT molecular complexity index is 491. The molecule has 0 radical (unpaired) electrons. The molecule has 0 bridgehead atoms. The average Bonchev–Trinajstić information content (AvgIpc) is 2.42. The molecule has 0 aromatic heterocycles. The molecule has 0 saturated heterocycles. The number of carboxylic acid groups (broad SMARTS) is 4. The molecule has 0 saturated carbocycles. The first-order chi connectivity index (χ1) is 10.9. The van der Waals surface area contributed by atoms with Crippen molar-refractivity contribution in [1.29, 1.82) is 0 Å². The van der Waals surface area contributed by atoms with E-state index in [1.165, 1.54) is 0 Å². The Balaban J connectivity index is -0.000000145. The van der Waals surface area contributed by atoms with Crippen LogP contribution in [0.4, 0.5) is 0 Å². The molecular weight excluding hydrogens is 407 g/mol. The Morgan fingerprint density at radius 2 is 0.808 bits per heavy atom. The van der Waals surface area contributed by atoms with Gasteiger partial charge in [-0.15, -0.1) is 0 Å². The van der Waals surface area contributed by atoms with E-state index in [1.807, 2.05) is 0 Å². The van der Waals surface area contributed by atoms with Gasteiger partial charge < -0.3 is 45.6 Å². The molecule has 4 unspecified atom stereocenters. The second-order valence-electron chi connectivity index (χ2n) is 3.56. The summed E-state index contributed by atoms with van der Waals surface area (Å²) in [6, 6.07) is 0. The summed E-state index contributed by atoms with van der Waals surface area (Å²) < 4.78 is 31.6. The minimum absolute atomic E-state index is 0. The maximum absolute atomic E-state index is 9.77. The second kappa shape index (κ2) is 14.7. The van der Waals surface area contributed by atoms with Gasteiger partial charge in [0.1, 0.15) is 6.10 Å². The number of rotatable bonds is 6. The first-order valence-electron chi connectivity index (χ1n) is 5.24. The number of carbonyl (C=O) groups excluding carboxylic acids is 1. The molecule has 0 aliphatic heterocycles. The van der Waals surface area contributed by atoms with E-state index >= 15 is 0 Å². The molecule has 0 aliphatic carbocycles. The van der Waals surface area contributed by atoms with Crippen molar-refractivity contribution in [3.05, 3.63) is 0 Å². The number of aliphatic hydroxyl groups excluding tert-OH is 4. The van der Waals surface area contributed by atoms with Crippen LogP contribution in [-0.2, 0) is 29.6 Å². The van der Waals surface area contributed by atoms with Crippen molar-refractivity contribution in [3.8, 4) is 0 Å². The normalized spacial score (nSPS) is 14.4. The molecule has 148 valence electrons. The number of aliphatic hydroxyl groups is 4. The van der Waals surface area contributed by atoms with Crippen LogP contribution >= 0.6 is 0 Å². The summed E-state index contributed by atoms with van der Waals surface area (Å²) in [5.41, 5.74) is 0. The molecule has 0 aromatic carbocycles. The first kappa shape index (κ1) is 32.3. The number of carbonyl (C=O) groups is 4. The Hall–Kier alpha value is -1.41. The Morgan fingerprint density at radius 1 is 0.654 bits per heavy atom. The summed E-state index contributed by atoms with van der Waals surface area (Å²) in [5, 5.41) is 66.7. The van der Waals surface area contributed by atoms with Gasteiger partial charge in [-0.1, -0.05) is 0 Å². The fourth-order valence-electron chi connectivity index (χ4n) is 0.534. The van der Waals surface area contributed by atoms with Gasteiger partial charge in [-0.25, -0.2) is 14.4 Å². The number of hydrogen-bond donors (Lipinski definition) is 9. The van der Waals surface area contributed by atoms with E-state index in [4.69, 9.17) is 53.3 Å². The van der Waals surface area contributed by atoms with Crippen LogP contribution < -0.4 is 34.7 Å². The summed E-state index contributed by atoms with van der Waals surface area (Å²) in [6.07, 6.45) is -9.24. The molecule has 9 N–H and O–H groups in total. The smallest absolute Gasteiger partial charge is 0.547 e. The molecule has 16 nitrogen and oxygen atoms in total. The van der Waals surface area contributed by atoms with Gasteiger partial charge in [0.25, 0.3) is 0 Å². The third kappa shape index (κ3) is 20.6. The van der Waals surface area contributed by atoms with E-state index in [1.54, 1.807) is 0 Å². The summed E-state index contributed by atoms with van der Waals surface area (Å²) in [7, 11) is -4.67. The van der Waals surface area contributed by atoms with Crippen LogP contribution in [0.5, 0.6) is 0 Å². The van der Waals surface area contributed by atoms with Crippen molar-refractivity contribution in [2.75, 3.05) is 0 Å². The van der Waals surface area contributed by atoms with Crippen LogP contribution in [0.3, 0.4) is 0 Å². The Kier molecular flexibility index (Phi) is 18.3. The fourth-order valence-corrected chi connectivity index (χ4v) is 0.534. The monoisotopic (exact) mass is 420 g/mol. The van der Waals surface area contributed by atoms with Crippen LogP contribution in [0.25, 0.3) is 0 Å². The van der Waals surface area contributed by atoms with E-state index < -0.39 is 58.7 Å². The topological polar surface area (TPSA) is 308 Å². The molecule has 0 fully saturated rings. The van der Waals surface area contributed by atoms with Gasteiger partial charge in [-0.2, -0.15) is 8.42 Å². The van der Waals surface area contributed by atoms with Gasteiger partial charge in [0, 0.05) is 0 Å². The van der Waals surface area contributed by atoms with Gasteiger partial charge in [0.2, 0.25) is 0 Å². The summed E-state index contributed by atoms with van der Waals surface area (Å²) in [6.45, 7) is 0. The summed E-state index contributed by atoms with van der Waals surface area (Å²) in [5.74, 6) is -7.36. The van der Waals surface area contributed by atoms with E-state index in [0.717, 1.165) is 0 Å². The van der Waals surface area contributed by atoms with Crippen LogP contribution in [0.15, 0.2) is 0 Å². The largest absolute Gasteiger partial charge is 1.00 e. The zero-order valence-electron chi connectivity index (χ0n) is 12.6. The number of aliphatic carboxylic acids is 4. The van der Waals surface area contributed by atoms with Crippen LogP contribution in [0.2, 0.25) is 0 Å². The Labute approximate surface area is 165 Å². The molecular formula is C8H13NaO16S. The molecule has 4 atom stereocenters. The standard InChI is InChI=1S/2C4H6O6.Na.H2O4S/c2*5-1(3(7)8)2(6)4(9)10;;1-5(2,3)4/h2*1-2,5-6H,(H,7,8)(H,9,10);;(H2,1,2,3,4)/q;;+1;/p-1. The van der Waals surface area contributed by atoms with Crippen molar-refractivity contribution >= 4 is 34.3 Å². The second-order valence-corrected chi connectivity index (χ2v) is 4.46. The third-order valence-corrected chi connectivity index (χ3v) is 1.60. The van der Waals surface area contributed by atoms with Gasteiger partial charge in [0.15, 0.2) is 18.3 Å². The number of hydrogen-bond acceptors (Lipinski definition) is 11. The molecule has 26 heavy (non-hydrogen) atoms. The zero-order valence-corrected chi connectivity index (χ0v) is 15.4. The van der Waals surface area contributed by atoms with Crippen LogP contribution in [0, 0.1) is 0 Å². The van der Waals surface area contributed by atoms with Gasteiger partial charge in [-0.05, 0) is 0 Å². The van der Waals surface area contributed by atoms with Crippen LogP contribution in [0.1, 0.15) is 0 Å². The van der Waals surface area contributed by atoms with E-state index in [0.29, 0.717) is 0 Å².